The number of hydrogen-bond donors (Lipinski definition) is 12. The van der Waals surface area contributed by atoms with Gasteiger partial charge in [-0.1, -0.05) is 270 Å². The third kappa shape index (κ3) is 208. The van der Waals surface area contributed by atoms with Gasteiger partial charge in [0.15, 0.2) is 0 Å². The van der Waals surface area contributed by atoms with Crippen molar-refractivity contribution >= 4 is 93.7 Å². The van der Waals surface area contributed by atoms with E-state index in [9.17, 15) is 47.9 Å². The number of carbonyl (C=O) groups is 10. The molecule has 0 spiro atoms. The van der Waals surface area contributed by atoms with Crippen molar-refractivity contribution in [3.8, 4) is 0 Å². The normalized spacial score (nSPS) is 9.86. The van der Waals surface area contributed by atoms with Crippen molar-refractivity contribution in [3.63, 3.8) is 0 Å². The first kappa shape index (κ1) is 150. The molecule has 0 heterocycles. The number of unbranched alkanes of at least 4 members (excludes halogenated alkanes) is 48. The van der Waals surface area contributed by atoms with Gasteiger partial charge in [0, 0.05) is 86.8 Å². The molecule has 26 nitrogen and oxygen atoms in total. The van der Waals surface area contributed by atoms with E-state index >= 15 is 0 Å². The van der Waals surface area contributed by atoms with Crippen LogP contribution in [0.1, 0.15) is 454 Å². The molecule has 0 saturated carbocycles. The molecule has 0 atom stereocenters. The number of nitrogens with one attached hydrogen (secondary N) is 2. The number of hydrogen-bond acceptors (Lipinski definition) is 21. The van der Waals surface area contributed by atoms with E-state index < -0.39 is 29.1 Å². The second kappa shape index (κ2) is 133. The summed E-state index contributed by atoms with van der Waals surface area (Å²) in [5.41, 5.74) is 20.8. The van der Waals surface area contributed by atoms with Crippen molar-refractivity contribution in [2.75, 3.05) is 67.7 Å². The maximum Gasteiger partial charge on any atom is 1.00 e. The fourth-order valence-corrected chi connectivity index (χ4v) is 11.2. The number of esters is 1. The summed E-state index contributed by atoms with van der Waals surface area (Å²) in [6, 6.07) is 0. The number of carboxylic acid groups (broad SMARTS) is 3. The predicted octanol–water partition coefficient (Wildman–Crippen LogP) is 19.4. The molecule has 0 aliphatic carbocycles. The molecule has 122 heavy (non-hydrogen) atoms. The number of nitrogens with two attached hydrogens (primary N) is 4. The molecule has 0 aromatic carbocycles. The quantitative estimate of drug-likeness (QED) is 0.00884. The van der Waals surface area contributed by atoms with Crippen molar-refractivity contribution in [3.05, 3.63) is 0 Å². The fourth-order valence-electron chi connectivity index (χ4n) is 11.2. The minimum Gasteiger partial charge on any atom is -0.870 e. The van der Waals surface area contributed by atoms with Crippen LogP contribution in [0, 0.1) is 0 Å². The summed E-state index contributed by atoms with van der Waals surface area (Å²) in [5.74, 6) is -1.48. The summed E-state index contributed by atoms with van der Waals surface area (Å²) in [6.07, 6.45) is 66.7. The van der Waals surface area contributed by atoms with E-state index in [1.165, 1.54) is 259 Å². The van der Waals surface area contributed by atoms with Crippen LogP contribution in [0.2, 0.25) is 0 Å². The summed E-state index contributed by atoms with van der Waals surface area (Å²) in [6.45, 7) is 21.8. The van der Waals surface area contributed by atoms with Gasteiger partial charge in [-0.05, 0) is 182 Å². The van der Waals surface area contributed by atoms with E-state index in [-0.39, 0.29) is 76.1 Å². The van der Waals surface area contributed by atoms with Crippen LogP contribution in [0.3, 0.4) is 0 Å². The molecule has 17 N–H and O–H groups in total. The van der Waals surface area contributed by atoms with Crippen LogP contribution in [0.25, 0.3) is 0 Å². The van der Waals surface area contributed by atoms with Gasteiger partial charge >= 0.3 is 65.6 Å². The van der Waals surface area contributed by atoms with Gasteiger partial charge in [-0.15, -0.1) is 12.4 Å². The molecular formula is C92H192Cl3N6NaO20. The van der Waals surface area contributed by atoms with Crippen molar-refractivity contribution in [2.24, 2.45) is 22.9 Å². The number of alkyl carbamates (subject to hydrolysis) is 2. The first-order valence-corrected chi connectivity index (χ1v) is 46.6. The molecule has 0 saturated heterocycles. The number of aliphatic carboxylic acids is 3. The van der Waals surface area contributed by atoms with E-state index in [0.717, 1.165) is 170 Å². The molecule has 0 unspecified atom stereocenters. The number of amides is 2. The Balaban J connectivity index is -0.0000000927. The minimum atomic E-state index is -0.694. The average molecular weight is 1830 g/mol. The number of aliphatic hydroxyl groups is 3. The Hall–Kier alpha value is -3.35. The molecule has 0 rings (SSSR count). The van der Waals surface area contributed by atoms with Crippen LogP contribution < -0.4 is 63.1 Å². The Labute approximate surface area is 783 Å². The van der Waals surface area contributed by atoms with Crippen LogP contribution in [-0.2, 0) is 52.6 Å². The second-order valence-corrected chi connectivity index (χ2v) is 32.8. The van der Waals surface area contributed by atoms with Gasteiger partial charge in [-0.25, -0.2) is 9.59 Å². The SMILES string of the molecule is CC(=O)CCCCCCCCCCCN.CC(=O)CCCCCCCCCCCNC(=O)OC(C)(C)C.CC(=O)Cl.CC(=O)Cl.CC(C)(C)OC(=O)NCCCCCCCCCCCC(=O)O.CO.CO.CO.COC(=O)CCCCCCCCCCCN.Cl.NCCCCCCCCCCCC(=O)O.NCCCCCCCCCCCC(=O)O.[Na+].[OH-]. The molecule has 2 amide bonds. The van der Waals surface area contributed by atoms with Gasteiger partial charge in [0.25, 0.3) is 0 Å². The summed E-state index contributed by atoms with van der Waals surface area (Å²) in [4.78, 5) is 104. The number of methoxy groups -OCH3 is 1. The van der Waals surface area contributed by atoms with E-state index in [2.05, 4.69) is 38.6 Å². The van der Waals surface area contributed by atoms with E-state index in [0.29, 0.717) is 50.3 Å². The third-order valence-electron chi connectivity index (χ3n) is 17.3. The molecule has 0 radical (unpaired) electrons. The minimum absolute atomic E-state index is 0. The average Bonchev–Trinajstić information content (AvgIpc) is 0.956. The van der Waals surface area contributed by atoms with Crippen LogP contribution in [0.15, 0.2) is 0 Å². The summed E-state index contributed by atoms with van der Waals surface area (Å²) in [7, 11) is 4.45. The zero-order chi connectivity index (χ0) is 93.0. The van der Waals surface area contributed by atoms with Crippen molar-refractivity contribution in [1.29, 1.82) is 0 Å². The van der Waals surface area contributed by atoms with Gasteiger partial charge < -0.3 is 93.5 Å². The number of carbonyl (C=O) groups excluding carboxylic acids is 7. The first-order valence-electron chi connectivity index (χ1n) is 45.8. The molecule has 0 bridgehead atoms. The number of Topliss-reactive ketones (excluding diaryl/α,β-unsaturated/α-hetero) is 2. The Kier molecular flexibility index (Phi) is 164. The Bertz CT molecular complexity index is 1960. The number of aliphatic hydroxyl groups excluding tert-OH is 3. The zero-order valence-electron chi connectivity index (χ0n) is 80.6. The molecule has 30 heteroatoms. The van der Waals surface area contributed by atoms with Gasteiger partial charge in [-0.2, -0.15) is 0 Å². The van der Waals surface area contributed by atoms with Crippen LogP contribution in [0.5, 0.6) is 0 Å². The van der Waals surface area contributed by atoms with Crippen LogP contribution >= 0.6 is 35.6 Å². The maximum atomic E-state index is 11.4. The van der Waals surface area contributed by atoms with E-state index in [4.69, 9.17) is 63.0 Å². The molecule has 0 fully saturated rings. The summed E-state index contributed by atoms with van der Waals surface area (Å²) >= 11 is 9.27. The van der Waals surface area contributed by atoms with Gasteiger partial charge in [0.05, 0.1) is 7.11 Å². The molecule has 732 valence electrons. The smallest absolute Gasteiger partial charge is 0.870 e. The first-order chi connectivity index (χ1) is 56.7. The zero-order valence-corrected chi connectivity index (χ0v) is 84.9. The van der Waals surface area contributed by atoms with Gasteiger partial charge in [0.2, 0.25) is 10.5 Å². The Morgan fingerprint density at radius 2 is 0.418 bits per heavy atom. The third-order valence-corrected chi connectivity index (χ3v) is 17.3. The van der Waals surface area contributed by atoms with E-state index in [1.807, 2.05) is 41.5 Å². The molecule has 0 aromatic heterocycles. The number of rotatable bonds is 68. The molecule has 0 aromatic rings. The molecular weight excluding hydrogens is 1640 g/mol. The van der Waals surface area contributed by atoms with Gasteiger partial charge in [0.1, 0.15) is 22.8 Å². The molecule has 0 aliphatic heterocycles. The predicted molar refractivity (Wildman–Crippen MR) is 505 cm³/mol. The summed E-state index contributed by atoms with van der Waals surface area (Å²) < 4.78 is 14.9. The number of carboxylic acids is 3. The van der Waals surface area contributed by atoms with E-state index in [1.54, 1.807) is 13.8 Å². The van der Waals surface area contributed by atoms with Crippen LogP contribution in [-0.4, -0.2) is 173 Å². The van der Waals surface area contributed by atoms with Gasteiger partial charge in [-0.3, -0.25) is 28.8 Å². The standard InChI is InChI=1S/C18H35NO3.C17H33NO4.C13H27NO2.C13H27NO.2C12H25NO2.2C2H3ClO.3CH4O.ClH.Na.H2O/c1-16(20)14-12-10-8-6-5-7-9-11-13-15-19-17(21)22-18(2,3)4;1-17(2,3)22-16(21)18-14-12-10-8-6-4-5-7-9-11-13-15(19)20;1-16-13(15)11-9-7-5-3-2-4-6-8-10-12-14;1-13(15)11-9-7-5-3-2-4-6-8-10-12-14;2*13-11-9-7-5-3-1-2-4-6-8-10-12(14)15;2*1-2(3)4;3*1-2;;;/h5-15H2,1-4H3,(H,19,21);4-14H2,1-3H3,(H,18,21)(H,19,20);2-12,14H2,1H3;2-12,14H2,1H3;2*1-11,13H2,(H,14,15);2*1H3;3*2H,1H3;1H;;1H2/q;;;;;;;;;;;;+1;/p-1. The number of ether oxygens (including phenoxy) is 3. The fraction of sp³-hybridized carbons (Fsp3) is 0.891. The van der Waals surface area contributed by atoms with Crippen LogP contribution in [0.4, 0.5) is 9.59 Å². The largest absolute Gasteiger partial charge is 1.00 e. The second-order valence-electron chi connectivity index (χ2n) is 31.7. The maximum absolute atomic E-state index is 11.4. The van der Waals surface area contributed by atoms with Crippen molar-refractivity contribution < 1.29 is 128 Å². The monoisotopic (exact) mass is 1830 g/mol. The topological polar surface area (TPSA) is 478 Å². The number of ketones is 2. The van der Waals surface area contributed by atoms with Crippen molar-refractivity contribution in [2.45, 2.75) is 466 Å². The molecule has 0 aliphatic rings. The summed E-state index contributed by atoms with van der Waals surface area (Å²) in [5, 5.41) is 51.2. The Morgan fingerprint density at radius 3 is 0.557 bits per heavy atom. The number of halogens is 3. The Morgan fingerprint density at radius 1 is 0.279 bits per heavy atom. The van der Waals surface area contributed by atoms with Crippen molar-refractivity contribution in [1.82, 2.24) is 10.6 Å².